The van der Waals surface area contributed by atoms with Crippen molar-refractivity contribution in [2.45, 2.75) is 30.8 Å². The van der Waals surface area contributed by atoms with E-state index in [1.807, 2.05) is 0 Å². The summed E-state index contributed by atoms with van der Waals surface area (Å²) in [6, 6.07) is 8.76. The van der Waals surface area contributed by atoms with Gasteiger partial charge in [-0.2, -0.15) is 17.6 Å². The fourth-order valence-corrected chi connectivity index (χ4v) is 2.90. The zero-order valence-electron chi connectivity index (χ0n) is 13.2. The highest BCUT2D eigenvalue weighted by Crippen LogP contribution is 2.54. The Morgan fingerprint density at radius 1 is 1.08 bits per heavy atom. The van der Waals surface area contributed by atoms with Crippen LogP contribution in [0, 0.1) is 5.82 Å². The summed E-state index contributed by atoms with van der Waals surface area (Å²) in [5.74, 6) is -2.69. The van der Waals surface area contributed by atoms with Crippen LogP contribution in [0.4, 0.5) is 22.0 Å². The molecule has 0 saturated heterocycles. The summed E-state index contributed by atoms with van der Waals surface area (Å²) >= 11 is 0. The second kappa shape index (κ2) is 6.26. The minimum Gasteiger partial charge on any atom is -0.478 e. The number of ether oxygens (including phenoxy) is 1. The van der Waals surface area contributed by atoms with Gasteiger partial charge in [-0.1, -0.05) is 12.1 Å². The lowest BCUT2D eigenvalue weighted by Gasteiger charge is -2.20. The molecule has 0 radical (unpaired) electrons. The molecule has 2 aromatic rings. The van der Waals surface area contributed by atoms with E-state index in [1.54, 1.807) is 12.1 Å². The van der Waals surface area contributed by atoms with E-state index in [0.717, 1.165) is 12.1 Å². The van der Waals surface area contributed by atoms with Gasteiger partial charge in [0.15, 0.2) is 0 Å². The van der Waals surface area contributed by atoms with Crippen molar-refractivity contribution in [2.24, 2.45) is 0 Å². The Hall–Kier alpha value is -2.64. The SMILES string of the molecule is O=C(O)c1ccc(C2(c3cc(F)cc(OC(F)(F)C(F)F)c3)CC2)cc1. The maximum absolute atomic E-state index is 13.9. The number of rotatable bonds is 6. The highest BCUT2D eigenvalue weighted by molar-refractivity contribution is 5.87. The van der Waals surface area contributed by atoms with Crippen molar-refractivity contribution in [2.75, 3.05) is 0 Å². The first-order valence-corrected chi connectivity index (χ1v) is 7.64. The van der Waals surface area contributed by atoms with E-state index in [9.17, 15) is 26.7 Å². The van der Waals surface area contributed by atoms with Crippen LogP contribution < -0.4 is 4.74 Å². The Balaban J connectivity index is 1.94. The molecular weight excluding hydrogens is 359 g/mol. The summed E-state index contributed by atoms with van der Waals surface area (Å²) in [6.07, 6.45) is -7.63. The predicted molar refractivity (Wildman–Crippen MR) is 81.4 cm³/mol. The van der Waals surface area contributed by atoms with Gasteiger partial charge >= 0.3 is 18.5 Å². The van der Waals surface area contributed by atoms with Gasteiger partial charge in [-0.15, -0.1) is 0 Å². The molecule has 3 rings (SSSR count). The third-order valence-corrected chi connectivity index (χ3v) is 4.37. The summed E-state index contributed by atoms with van der Waals surface area (Å²) < 4.78 is 68.6. The smallest absolute Gasteiger partial charge is 0.461 e. The van der Waals surface area contributed by atoms with E-state index in [-0.39, 0.29) is 5.56 Å². The second-order valence-corrected chi connectivity index (χ2v) is 6.10. The maximum Gasteiger partial charge on any atom is 0.461 e. The molecule has 1 aliphatic rings. The molecule has 1 fully saturated rings. The number of carboxylic acid groups (broad SMARTS) is 1. The van der Waals surface area contributed by atoms with Crippen molar-refractivity contribution in [1.29, 1.82) is 0 Å². The summed E-state index contributed by atoms with van der Waals surface area (Å²) in [5.41, 5.74) is 0.377. The Bertz CT molecular complexity index is 829. The van der Waals surface area contributed by atoms with Crippen LogP contribution in [-0.2, 0) is 5.41 Å². The van der Waals surface area contributed by atoms with Gasteiger partial charge in [0, 0.05) is 11.5 Å². The van der Waals surface area contributed by atoms with E-state index in [0.29, 0.717) is 30.0 Å². The van der Waals surface area contributed by atoms with Crippen molar-refractivity contribution in [1.82, 2.24) is 0 Å². The molecule has 3 nitrogen and oxygen atoms in total. The molecule has 2 aromatic carbocycles. The van der Waals surface area contributed by atoms with Crippen molar-refractivity contribution < 1.29 is 36.6 Å². The van der Waals surface area contributed by atoms with Gasteiger partial charge in [-0.05, 0) is 48.2 Å². The molecule has 0 atom stereocenters. The Labute approximate surface area is 145 Å². The lowest BCUT2D eigenvalue weighted by molar-refractivity contribution is -0.253. The van der Waals surface area contributed by atoms with Crippen LogP contribution in [0.15, 0.2) is 42.5 Å². The molecule has 8 heteroatoms. The zero-order valence-corrected chi connectivity index (χ0v) is 13.2. The number of alkyl halides is 4. The largest absolute Gasteiger partial charge is 0.478 e. The monoisotopic (exact) mass is 372 g/mol. The van der Waals surface area contributed by atoms with Gasteiger partial charge in [-0.25, -0.2) is 9.18 Å². The number of carbonyl (C=O) groups is 1. The highest BCUT2D eigenvalue weighted by atomic mass is 19.3. The molecule has 1 saturated carbocycles. The lowest BCUT2D eigenvalue weighted by atomic mass is 9.87. The van der Waals surface area contributed by atoms with E-state index in [2.05, 4.69) is 4.74 Å². The van der Waals surface area contributed by atoms with Crippen molar-refractivity contribution in [3.63, 3.8) is 0 Å². The molecule has 1 N–H and O–H groups in total. The summed E-state index contributed by atoms with van der Waals surface area (Å²) in [7, 11) is 0. The standard InChI is InChI=1S/C18H13F5O3/c19-13-7-12(8-14(9-13)26-18(22,23)16(20)21)17(5-6-17)11-3-1-10(2-4-11)15(24)25/h1-4,7-9,16H,5-6H2,(H,24,25). The highest BCUT2D eigenvalue weighted by Gasteiger charge is 2.47. The maximum atomic E-state index is 13.9. The Morgan fingerprint density at radius 3 is 2.19 bits per heavy atom. The normalized spacial score (nSPS) is 15.8. The van der Waals surface area contributed by atoms with Gasteiger partial charge in [0.25, 0.3) is 0 Å². The molecule has 138 valence electrons. The van der Waals surface area contributed by atoms with Gasteiger partial charge in [-0.3, -0.25) is 0 Å². The number of hydrogen-bond donors (Lipinski definition) is 1. The molecule has 0 heterocycles. The minimum atomic E-state index is -4.73. The number of halogens is 5. The molecule has 0 aromatic heterocycles. The topological polar surface area (TPSA) is 46.5 Å². The lowest BCUT2D eigenvalue weighted by Crippen LogP contribution is -2.33. The van der Waals surface area contributed by atoms with E-state index in [1.165, 1.54) is 12.1 Å². The van der Waals surface area contributed by atoms with Crippen LogP contribution in [0.25, 0.3) is 0 Å². The fourth-order valence-electron chi connectivity index (χ4n) is 2.90. The van der Waals surface area contributed by atoms with Gasteiger partial charge in [0.2, 0.25) is 0 Å². The summed E-state index contributed by atoms with van der Waals surface area (Å²) in [6.45, 7) is 0. The average Bonchev–Trinajstić information content (AvgIpc) is 3.35. The van der Waals surface area contributed by atoms with Crippen LogP contribution in [0.5, 0.6) is 5.75 Å². The molecule has 0 spiro atoms. The van der Waals surface area contributed by atoms with Crippen LogP contribution in [0.2, 0.25) is 0 Å². The molecule has 0 bridgehead atoms. The zero-order chi connectivity index (χ0) is 19.1. The van der Waals surface area contributed by atoms with Gasteiger partial charge < -0.3 is 9.84 Å². The first kappa shape index (κ1) is 18.2. The molecule has 26 heavy (non-hydrogen) atoms. The molecular formula is C18H13F5O3. The summed E-state index contributed by atoms with van der Waals surface area (Å²) in [4.78, 5) is 10.9. The first-order chi connectivity index (χ1) is 12.1. The predicted octanol–water partition coefficient (Wildman–Crippen LogP) is 4.84. The molecule has 0 aliphatic heterocycles. The molecule has 0 amide bonds. The Kier molecular flexibility index (Phi) is 4.37. The van der Waals surface area contributed by atoms with Crippen molar-refractivity contribution >= 4 is 5.97 Å². The van der Waals surface area contributed by atoms with E-state index < -0.39 is 35.5 Å². The third-order valence-electron chi connectivity index (χ3n) is 4.37. The van der Waals surface area contributed by atoms with Gasteiger partial charge in [0.1, 0.15) is 11.6 Å². The minimum absolute atomic E-state index is 0.0735. The van der Waals surface area contributed by atoms with Crippen LogP contribution >= 0.6 is 0 Å². The third kappa shape index (κ3) is 3.36. The second-order valence-electron chi connectivity index (χ2n) is 6.10. The van der Waals surface area contributed by atoms with E-state index >= 15 is 0 Å². The van der Waals surface area contributed by atoms with Gasteiger partial charge in [0.05, 0.1) is 5.56 Å². The number of hydrogen-bond acceptors (Lipinski definition) is 2. The number of benzene rings is 2. The molecule has 1 aliphatic carbocycles. The average molecular weight is 372 g/mol. The quantitative estimate of drug-likeness (QED) is 0.738. The van der Waals surface area contributed by atoms with Crippen molar-refractivity contribution in [3.05, 3.63) is 65.0 Å². The molecule has 0 unspecified atom stereocenters. The Morgan fingerprint density at radius 2 is 1.69 bits per heavy atom. The summed E-state index contributed by atoms with van der Waals surface area (Å²) in [5, 5.41) is 8.94. The van der Waals surface area contributed by atoms with Crippen LogP contribution in [-0.4, -0.2) is 23.6 Å². The fraction of sp³-hybridized carbons (Fsp3) is 0.278. The first-order valence-electron chi connectivity index (χ1n) is 7.64. The van der Waals surface area contributed by atoms with Crippen LogP contribution in [0.1, 0.15) is 34.3 Å². The number of carboxylic acids is 1. The number of aromatic carboxylic acids is 1. The van der Waals surface area contributed by atoms with Crippen LogP contribution in [0.3, 0.4) is 0 Å². The van der Waals surface area contributed by atoms with Crippen molar-refractivity contribution in [3.8, 4) is 5.75 Å². The van der Waals surface area contributed by atoms with E-state index in [4.69, 9.17) is 5.11 Å².